The van der Waals surface area contributed by atoms with E-state index in [1.807, 2.05) is 31.5 Å². The first-order valence-corrected chi connectivity index (χ1v) is 10.1. The van der Waals surface area contributed by atoms with E-state index < -0.39 is 0 Å². The molecule has 3 N–H and O–H groups in total. The lowest BCUT2D eigenvalue weighted by Gasteiger charge is -2.34. The van der Waals surface area contributed by atoms with Crippen molar-refractivity contribution in [1.29, 1.82) is 0 Å². The molecule has 2 aromatic rings. The van der Waals surface area contributed by atoms with Crippen molar-refractivity contribution in [2.75, 3.05) is 26.2 Å². The summed E-state index contributed by atoms with van der Waals surface area (Å²) in [7, 11) is 0. The number of aromatic nitrogens is 2. The minimum absolute atomic E-state index is 0.306. The van der Waals surface area contributed by atoms with Gasteiger partial charge in [-0.25, -0.2) is 9.98 Å². The summed E-state index contributed by atoms with van der Waals surface area (Å²) >= 11 is 6.01. The van der Waals surface area contributed by atoms with Gasteiger partial charge >= 0.3 is 0 Å². The van der Waals surface area contributed by atoms with Gasteiger partial charge in [0.2, 0.25) is 0 Å². The highest BCUT2D eigenvalue weighted by molar-refractivity contribution is 6.29. The predicted molar refractivity (Wildman–Crippen MR) is 114 cm³/mol. The van der Waals surface area contributed by atoms with E-state index in [4.69, 9.17) is 22.1 Å². The summed E-state index contributed by atoms with van der Waals surface area (Å²) in [5.41, 5.74) is 10.3. The van der Waals surface area contributed by atoms with Gasteiger partial charge in [-0.15, -0.1) is 0 Å². The molecule has 3 heterocycles. The molecule has 0 aromatic carbocycles. The highest BCUT2D eigenvalue weighted by Crippen LogP contribution is 2.19. The van der Waals surface area contributed by atoms with Crippen LogP contribution in [-0.2, 0) is 4.74 Å². The third-order valence-electron chi connectivity index (χ3n) is 4.78. The Morgan fingerprint density at radius 1 is 1.32 bits per heavy atom. The van der Waals surface area contributed by atoms with Crippen molar-refractivity contribution < 1.29 is 9.73 Å². The van der Waals surface area contributed by atoms with Crippen LogP contribution in [0.4, 0.5) is 0 Å². The van der Waals surface area contributed by atoms with E-state index in [1.54, 1.807) is 6.07 Å². The molecule has 0 saturated carbocycles. The Balaban J connectivity index is 1.61. The van der Waals surface area contributed by atoms with Crippen LogP contribution in [0.5, 0.6) is 0 Å². The predicted octanol–water partition coefficient (Wildman–Crippen LogP) is 1.62. The monoisotopic (exact) mass is 402 g/mol. The summed E-state index contributed by atoms with van der Waals surface area (Å²) < 4.78 is 5.79. The Hall–Kier alpha value is -2.02. The van der Waals surface area contributed by atoms with Gasteiger partial charge in [-0.1, -0.05) is 11.6 Å². The Labute approximate surface area is 171 Å². The van der Waals surface area contributed by atoms with E-state index in [-0.39, 0.29) is 0 Å². The molecule has 2 atom stereocenters. The summed E-state index contributed by atoms with van der Waals surface area (Å²) in [5, 5.41) is 0.454. The first kappa shape index (κ1) is 20.7. The van der Waals surface area contributed by atoms with E-state index in [2.05, 4.69) is 33.7 Å². The molecule has 1 aliphatic heterocycles. The van der Waals surface area contributed by atoms with Gasteiger partial charge in [0.05, 0.1) is 28.8 Å². The van der Waals surface area contributed by atoms with Gasteiger partial charge in [-0.05, 0) is 39.0 Å². The van der Waals surface area contributed by atoms with Crippen molar-refractivity contribution in [3.8, 4) is 0 Å². The van der Waals surface area contributed by atoms with Gasteiger partial charge in [0.1, 0.15) is 11.7 Å². The van der Waals surface area contributed by atoms with E-state index in [0.717, 1.165) is 60.5 Å². The van der Waals surface area contributed by atoms with Crippen LogP contribution in [0.25, 0.3) is 16.6 Å². The quantitative estimate of drug-likeness (QED) is 0.436. The highest BCUT2D eigenvalue weighted by atomic mass is 35.5. The number of pyridine rings is 2. The lowest BCUT2D eigenvalue weighted by Crippen LogP contribution is -2.69. The fourth-order valence-electron chi connectivity index (χ4n) is 3.60. The molecule has 0 bridgehead atoms. The fourth-order valence-corrected chi connectivity index (χ4v) is 3.75. The largest absolute Gasteiger partial charge is 0.402 e. The van der Waals surface area contributed by atoms with E-state index in [9.17, 15) is 0 Å². The molecule has 0 unspecified atom stereocenters. The second-order valence-corrected chi connectivity index (χ2v) is 7.85. The Kier molecular flexibility index (Phi) is 6.99. The average molecular weight is 403 g/mol. The van der Waals surface area contributed by atoms with Crippen LogP contribution >= 0.6 is 11.6 Å². The van der Waals surface area contributed by atoms with Crippen LogP contribution in [0.2, 0.25) is 5.15 Å². The van der Waals surface area contributed by atoms with E-state index in [1.165, 1.54) is 0 Å². The maximum atomic E-state index is 6.12. The molecule has 1 fully saturated rings. The van der Waals surface area contributed by atoms with Crippen LogP contribution in [0, 0.1) is 0 Å². The number of allylic oxidation sites excluding steroid dienone is 2. The second kappa shape index (κ2) is 9.45. The van der Waals surface area contributed by atoms with Gasteiger partial charge in [-0.3, -0.25) is 9.88 Å². The van der Waals surface area contributed by atoms with Crippen molar-refractivity contribution in [3.63, 3.8) is 0 Å². The number of hydrogen-bond acceptors (Lipinski definition) is 5. The molecule has 2 aromatic heterocycles. The SMILES string of the molecule is CC(N)=C(C=[NH+]CCCN1C[C@@H](C)O[C@@H](C)C1)c1cnc2ccc(Cl)nc2c1. The summed E-state index contributed by atoms with van der Waals surface area (Å²) in [4.78, 5) is 14.7. The van der Waals surface area contributed by atoms with Gasteiger partial charge in [0.15, 0.2) is 6.21 Å². The number of rotatable bonds is 6. The van der Waals surface area contributed by atoms with Crippen molar-refractivity contribution in [2.45, 2.75) is 39.4 Å². The first-order chi connectivity index (χ1) is 13.4. The minimum atomic E-state index is 0.306. The molecule has 1 aliphatic rings. The van der Waals surface area contributed by atoms with Crippen LogP contribution in [0.1, 0.15) is 32.8 Å². The molecule has 3 rings (SSSR count). The minimum Gasteiger partial charge on any atom is -0.402 e. The van der Waals surface area contributed by atoms with Gasteiger partial charge in [0.25, 0.3) is 0 Å². The second-order valence-electron chi connectivity index (χ2n) is 7.46. The Bertz CT molecular complexity index is 868. The summed E-state index contributed by atoms with van der Waals surface area (Å²) in [6.07, 6.45) is 5.45. The number of ether oxygens (including phenoxy) is 1. The number of nitrogens with zero attached hydrogens (tertiary/aromatic N) is 3. The first-order valence-electron chi connectivity index (χ1n) is 9.76. The van der Waals surface area contributed by atoms with E-state index in [0.29, 0.717) is 17.4 Å². The Morgan fingerprint density at radius 2 is 2.07 bits per heavy atom. The molecule has 150 valence electrons. The van der Waals surface area contributed by atoms with Gasteiger partial charge in [0, 0.05) is 43.5 Å². The summed E-state index contributed by atoms with van der Waals surface area (Å²) in [5.74, 6) is 0. The summed E-state index contributed by atoms with van der Waals surface area (Å²) in [6, 6.07) is 5.57. The lowest BCUT2D eigenvalue weighted by atomic mass is 10.1. The number of nitrogens with two attached hydrogens (primary N) is 1. The number of morpholine rings is 1. The molecular formula is C21H29ClN5O+. The molecule has 0 amide bonds. The zero-order chi connectivity index (χ0) is 20.1. The average Bonchev–Trinajstić information content (AvgIpc) is 2.63. The molecule has 1 saturated heterocycles. The molecule has 0 spiro atoms. The lowest BCUT2D eigenvalue weighted by molar-refractivity contribution is -0.451. The maximum Gasteiger partial charge on any atom is 0.171 e. The van der Waals surface area contributed by atoms with Crippen LogP contribution in [0.3, 0.4) is 0 Å². The third-order valence-corrected chi connectivity index (χ3v) is 4.99. The van der Waals surface area contributed by atoms with Crippen molar-refractivity contribution in [3.05, 3.63) is 40.8 Å². The maximum absolute atomic E-state index is 6.12. The zero-order valence-electron chi connectivity index (χ0n) is 16.8. The smallest absolute Gasteiger partial charge is 0.171 e. The normalized spacial score (nSPS) is 22.0. The van der Waals surface area contributed by atoms with Crippen molar-refractivity contribution in [1.82, 2.24) is 14.9 Å². The van der Waals surface area contributed by atoms with Crippen molar-refractivity contribution in [2.24, 2.45) is 5.73 Å². The molecule has 6 nitrogen and oxygen atoms in total. The summed E-state index contributed by atoms with van der Waals surface area (Å²) in [6.45, 7) is 10.1. The number of fused-ring (bicyclic) bond motifs is 1. The Morgan fingerprint density at radius 3 is 2.79 bits per heavy atom. The standard InChI is InChI=1S/C21H28ClN5O/c1-14-12-27(13-15(2)28-14)8-4-7-24-11-18(16(3)23)17-9-20-19(25-10-17)5-6-21(22)26-20/h5-6,9-11,14-15H,4,7-8,12-13,23H2,1-3H3/p+1/t14-,15+. The van der Waals surface area contributed by atoms with Crippen molar-refractivity contribution >= 4 is 34.4 Å². The third kappa shape index (κ3) is 5.50. The van der Waals surface area contributed by atoms with Crippen LogP contribution in [-0.4, -0.2) is 59.5 Å². The molecule has 7 heteroatoms. The number of nitrogens with one attached hydrogen (secondary N) is 1. The number of hydrogen-bond donors (Lipinski definition) is 2. The van der Waals surface area contributed by atoms with Gasteiger partial charge in [-0.2, -0.15) is 0 Å². The molecule has 28 heavy (non-hydrogen) atoms. The topological polar surface area (TPSA) is 78.2 Å². The molecular weight excluding hydrogens is 374 g/mol. The van der Waals surface area contributed by atoms with Crippen LogP contribution in [0.15, 0.2) is 30.1 Å². The van der Waals surface area contributed by atoms with Crippen LogP contribution < -0.4 is 10.7 Å². The molecule has 0 aliphatic carbocycles. The van der Waals surface area contributed by atoms with Gasteiger partial charge < -0.3 is 10.5 Å². The molecule has 0 radical (unpaired) electrons. The zero-order valence-corrected chi connectivity index (χ0v) is 17.5. The fraction of sp³-hybridized carbons (Fsp3) is 0.476. The van der Waals surface area contributed by atoms with E-state index >= 15 is 0 Å². The highest BCUT2D eigenvalue weighted by Gasteiger charge is 2.21. The number of halogens is 1.